The molecule has 4 rings (SSSR count). The molecule has 1 aromatic heterocycles. The van der Waals surface area contributed by atoms with Gasteiger partial charge in [-0.15, -0.1) is 11.3 Å². The minimum absolute atomic E-state index is 0.139. The van der Waals surface area contributed by atoms with Crippen molar-refractivity contribution in [3.63, 3.8) is 0 Å². The van der Waals surface area contributed by atoms with Crippen LogP contribution in [0.2, 0.25) is 0 Å². The second kappa shape index (κ2) is 9.40. The minimum Gasteiger partial charge on any atom is -0.497 e. The summed E-state index contributed by atoms with van der Waals surface area (Å²) < 4.78 is 33.0. The summed E-state index contributed by atoms with van der Waals surface area (Å²) in [6, 6.07) is 15.7. The zero-order valence-corrected chi connectivity index (χ0v) is 19.6. The van der Waals surface area contributed by atoms with Crippen LogP contribution in [0.5, 0.6) is 5.75 Å². The molecule has 2 aromatic carbocycles. The number of aromatic nitrogens is 1. The summed E-state index contributed by atoms with van der Waals surface area (Å²) in [6.07, 6.45) is 1.24. The van der Waals surface area contributed by atoms with Crippen molar-refractivity contribution in [2.45, 2.75) is 24.7 Å². The Morgan fingerprint density at radius 1 is 1.16 bits per heavy atom. The maximum absolute atomic E-state index is 13.7. The second-order valence-electron chi connectivity index (χ2n) is 7.66. The number of para-hydroxylation sites is 1. The molecule has 7 nitrogen and oxygen atoms in total. The van der Waals surface area contributed by atoms with Crippen LogP contribution < -0.4 is 9.64 Å². The maximum atomic E-state index is 13.7. The number of thiazole rings is 1. The van der Waals surface area contributed by atoms with Crippen LogP contribution in [0.4, 0.5) is 10.8 Å². The largest absolute Gasteiger partial charge is 0.497 e. The van der Waals surface area contributed by atoms with Crippen LogP contribution in [-0.4, -0.2) is 43.8 Å². The fourth-order valence-corrected chi connectivity index (χ4v) is 6.14. The molecular formula is C23H25N3O4S2. The normalized spacial score (nSPS) is 17.1. The van der Waals surface area contributed by atoms with E-state index in [4.69, 9.17) is 4.74 Å². The number of anilines is 2. The number of sulfonamides is 1. The van der Waals surface area contributed by atoms with E-state index in [0.29, 0.717) is 30.3 Å². The lowest BCUT2D eigenvalue weighted by Crippen LogP contribution is -2.45. The fourth-order valence-electron chi connectivity index (χ4n) is 3.79. The van der Waals surface area contributed by atoms with Crippen LogP contribution in [0.25, 0.3) is 0 Å². The molecule has 168 valence electrons. The molecule has 0 unspecified atom stereocenters. The van der Waals surface area contributed by atoms with Crippen molar-refractivity contribution in [2.24, 2.45) is 5.92 Å². The summed E-state index contributed by atoms with van der Waals surface area (Å²) in [5.74, 6) is -0.00532. The average molecular weight is 472 g/mol. The Hall–Kier alpha value is -2.75. The first-order valence-corrected chi connectivity index (χ1v) is 12.7. The van der Waals surface area contributed by atoms with E-state index in [9.17, 15) is 13.2 Å². The molecule has 32 heavy (non-hydrogen) atoms. The molecule has 1 atom stereocenters. The second-order valence-corrected chi connectivity index (χ2v) is 10.4. The molecule has 1 amide bonds. The van der Waals surface area contributed by atoms with E-state index in [1.54, 1.807) is 17.0 Å². The van der Waals surface area contributed by atoms with Crippen LogP contribution in [-0.2, 0) is 14.8 Å². The van der Waals surface area contributed by atoms with Crippen molar-refractivity contribution in [1.29, 1.82) is 0 Å². The van der Waals surface area contributed by atoms with E-state index in [-0.39, 0.29) is 17.3 Å². The third-order valence-electron chi connectivity index (χ3n) is 5.46. The van der Waals surface area contributed by atoms with Crippen LogP contribution in [0.1, 0.15) is 18.5 Å². The molecule has 1 aliphatic rings. The van der Waals surface area contributed by atoms with Gasteiger partial charge >= 0.3 is 0 Å². The number of nitrogens with zero attached hydrogens (tertiary/aromatic N) is 3. The molecule has 0 bridgehead atoms. The fraction of sp³-hybridized carbons (Fsp3) is 0.304. The van der Waals surface area contributed by atoms with Gasteiger partial charge in [0, 0.05) is 18.5 Å². The molecule has 0 radical (unpaired) electrons. The highest BCUT2D eigenvalue weighted by Gasteiger charge is 2.36. The van der Waals surface area contributed by atoms with Crippen LogP contribution in [0.15, 0.2) is 64.9 Å². The Kier molecular flexibility index (Phi) is 6.59. The number of hydrogen-bond donors (Lipinski definition) is 0. The SMILES string of the molecule is COc1ccc(S(=O)(=O)N2CCC[C@@H](C(=O)N(c3ccccc3)c3nc(C)cs3)C2)cc1. The van der Waals surface area contributed by atoms with E-state index < -0.39 is 15.9 Å². The van der Waals surface area contributed by atoms with E-state index >= 15 is 0 Å². The summed E-state index contributed by atoms with van der Waals surface area (Å²) in [4.78, 5) is 20.0. The average Bonchev–Trinajstić information content (AvgIpc) is 3.25. The highest BCUT2D eigenvalue weighted by Crippen LogP contribution is 2.33. The number of piperidine rings is 1. The molecular weight excluding hydrogens is 446 g/mol. The van der Waals surface area contributed by atoms with E-state index in [1.807, 2.05) is 42.6 Å². The summed E-state index contributed by atoms with van der Waals surface area (Å²) >= 11 is 1.40. The first kappa shape index (κ1) is 22.4. The van der Waals surface area contributed by atoms with Gasteiger partial charge in [-0.3, -0.25) is 9.69 Å². The third-order valence-corrected chi connectivity index (χ3v) is 8.29. The van der Waals surface area contributed by atoms with Gasteiger partial charge in [-0.1, -0.05) is 18.2 Å². The molecule has 0 spiro atoms. The van der Waals surface area contributed by atoms with Crippen molar-refractivity contribution in [3.8, 4) is 5.75 Å². The van der Waals surface area contributed by atoms with Gasteiger partial charge < -0.3 is 4.74 Å². The van der Waals surface area contributed by atoms with Crippen LogP contribution in [0.3, 0.4) is 0 Å². The number of carbonyl (C=O) groups is 1. The van der Waals surface area contributed by atoms with Crippen LogP contribution in [0, 0.1) is 12.8 Å². The first-order valence-electron chi connectivity index (χ1n) is 10.4. The van der Waals surface area contributed by atoms with Gasteiger partial charge in [-0.25, -0.2) is 13.4 Å². The van der Waals surface area contributed by atoms with Gasteiger partial charge in [0.05, 0.1) is 29.3 Å². The number of rotatable bonds is 6. The molecule has 2 heterocycles. The highest BCUT2D eigenvalue weighted by atomic mass is 32.2. The van der Waals surface area contributed by atoms with E-state index in [0.717, 1.165) is 11.4 Å². The van der Waals surface area contributed by atoms with Crippen molar-refractivity contribution >= 4 is 38.1 Å². The Labute approximate surface area is 192 Å². The summed E-state index contributed by atoms with van der Waals surface area (Å²) in [5, 5.41) is 2.49. The number of amides is 1. The summed E-state index contributed by atoms with van der Waals surface area (Å²) in [7, 11) is -2.18. The predicted octanol–water partition coefficient (Wildman–Crippen LogP) is 4.23. The first-order chi connectivity index (χ1) is 15.4. The number of hydrogen-bond acceptors (Lipinski definition) is 6. The number of ether oxygens (including phenoxy) is 1. The molecule has 1 fully saturated rings. The zero-order valence-electron chi connectivity index (χ0n) is 18.0. The summed E-state index contributed by atoms with van der Waals surface area (Å²) in [6.45, 7) is 2.41. The molecule has 9 heteroatoms. The highest BCUT2D eigenvalue weighted by molar-refractivity contribution is 7.89. The van der Waals surface area contributed by atoms with Gasteiger partial charge in [-0.05, 0) is 56.2 Å². The predicted molar refractivity (Wildman–Crippen MR) is 125 cm³/mol. The summed E-state index contributed by atoms with van der Waals surface area (Å²) in [5.41, 5.74) is 1.56. The van der Waals surface area contributed by atoms with E-state index in [2.05, 4.69) is 4.98 Å². The monoisotopic (exact) mass is 471 g/mol. The van der Waals surface area contributed by atoms with Crippen LogP contribution >= 0.6 is 11.3 Å². The van der Waals surface area contributed by atoms with Crippen molar-refractivity contribution in [1.82, 2.24) is 9.29 Å². The Balaban J connectivity index is 1.60. The standard InChI is InChI=1S/C23H25N3O4S2/c1-17-16-31-23(24-17)26(19-8-4-3-5-9-19)22(27)18-7-6-14-25(15-18)32(28,29)21-12-10-20(30-2)11-13-21/h3-5,8-13,16,18H,6-7,14-15H2,1-2H3/t18-/m1/s1. The van der Waals surface area contributed by atoms with E-state index in [1.165, 1.54) is 34.9 Å². The maximum Gasteiger partial charge on any atom is 0.243 e. The quantitative estimate of drug-likeness (QED) is 0.538. The van der Waals surface area contributed by atoms with Crippen molar-refractivity contribution in [2.75, 3.05) is 25.1 Å². The lowest BCUT2D eigenvalue weighted by molar-refractivity contribution is -0.122. The number of benzene rings is 2. The third kappa shape index (κ3) is 4.55. The smallest absolute Gasteiger partial charge is 0.243 e. The van der Waals surface area contributed by atoms with Crippen molar-refractivity contribution in [3.05, 3.63) is 65.7 Å². The molecule has 0 N–H and O–H groups in total. The lowest BCUT2D eigenvalue weighted by Gasteiger charge is -2.33. The molecule has 1 saturated heterocycles. The molecule has 3 aromatic rings. The van der Waals surface area contributed by atoms with Gasteiger partial charge in [0.25, 0.3) is 0 Å². The van der Waals surface area contributed by atoms with Gasteiger partial charge in [0.15, 0.2) is 5.13 Å². The lowest BCUT2D eigenvalue weighted by atomic mass is 9.98. The Morgan fingerprint density at radius 3 is 2.50 bits per heavy atom. The minimum atomic E-state index is -3.71. The Bertz CT molecular complexity index is 1180. The molecule has 1 aliphatic heterocycles. The molecule has 0 saturated carbocycles. The van der Waals surface area contributed by atoms with Crippen molar-refractivity contribution < 1.29 is 17.9 Å². The van der Waals surface area contributed by atoms with Gasteiger partial charge in [0.1, 0.15) is 5.75 Å². The zero-order chi connectivity index (χ0) is 22.7. The Morgan fingerprint density at radius 2 is 1.88 bits per heavy atom. The number of carbonyl (C=O) groups excluding carboxylic acids is 1. The topological polar surface area (TPSA) is 79.8 Å². The van der Waals surface area contributed by atoms with Gasteiger partial charge in [-0.2, -0.15) is 4.31 Å². The number of aryl methyl sites for hydroxylation is 1. The molecule has 0 aliphatic carbocycles. The number of methoxy groups -OCH3 is 1. The van der Waals surface area contributed by atoms with Gasteiger partial charge in [0.2, 0.25) is 15.9 Å².